The van der Waals surface area contributed by atoms with Gasteiger partial charge >= 0.3 is 5.97 Å². The van der Waals surface area contributed by atoms with Crippen molar-refractivity contribution in [3.63, 3.8) is 0 Å². The van der Waals surface area contributed by atoms with Crippen molar-refractivity contribution in [2.75, 3.05) is 12.4 Å². The molecule has 2 saturated carbocycles. The van der Waals surface area contributed by atoms with E-state index >= 15 is 0 Å². The van der Waals surface area contributed by atoms with Gasteiger partial charge in [0.25, 0.3) is 0 Å². The van der Waals surface area contributed by atoms with Crippen LogP contribution in [0.15, 0.2) is 60.7 Å². The van der Waals surface area contributed by atoms with Crippen LogP contribution in [0, 0.1) is 35.5 Å². The second-order valence-corrected chi connectivity index (χ2v) is 8.28. The normalized spacial score (nSPS) is 30.3. The lowest BCUT2D eigenvalue weighted by atomic mass is 9.62. The minimum Gasteiger partial charge on any atom is -0.497 e. The van der Waals surface area contributed by atoms with Gasteiger partial charge in [0.2, 0.25) is 5.91 Å². The van der Waals surface area contributed by atoms with Crippen LogP contribution in [0.2, 0.25) is 0 Å². The number of anilines is 1. The molecule has 6 rings (SSSR count). The molecule has 0 spiro atoms. The summed E-state index contributed by atoms with van der Waals surface area (Å²) >= 11 is 0. The molecule has 2 aromatic carbocycles. The van der Waals surface area contributed by atoms with Gasteiger partial charge in [-0.25, -0.2) is 0 Å². The maximum absolute atomic E-state index is 13.0. The quantitative estimate of drug-likeness (QED) is 0.704. The number of hydrogen-bond donors (Lipinski definition) is 2. The first-order valence-corrected chi connectivity index (χ1v) is 10.2. The standard InChI is InChI=1S/C24H23NO5/c1-29-14-6-8-16(9-7-14)30-15-4-2-13(3-5-15)25-23(26)21-17-10-11-18(20-12-19(17)20)22(21)24(27)28/h2-11,17-22H,12H2,1H3,(H,25,26)(H,27,28)/t17-,18+,19+,20+,21+,22-/m0/s1. The number of carbonyl (C=O) groups is 2. The maximum atomic E-state index is 13.0. The molecule has 2 N–H and O–H groups in total. The largest absolute Gasteiger partial charge is 0.497 e. The van der Waals surface area contributed by atoms with Crippen molar-refractivity contribution >= 4 is 17.6 Å². The van der Waals surface area contributed by atoms with Crippen LogP contribution in [-0.2, 0) is 9.59 Å². The minimum atomic E-state index is -0.872. The maximum Gasteiger partial charge on any atom is 0.307 e. The van der Waals surface area contributed by atoms with Crippen LogP contribution in [-0.4, -0.2) is 24.1 Å². The third kappa shape index (κ3) is 3.22. The molecule has 30 heavy (non-hydrogen) atoms. The Bertz CT molecular complexity index is 997. The number of nitrogens with one attached hydrogen (secondary N) is 1. The number of ether oxygens (including phenoxy) is 2. The molecule has 0 aromatic heterocycles. The Labute approximate surface area is 174 Å². The van der Waals surface area contributed by atoms with Gasteiger partial charge < -0.3 is 19.9 Å². The third-order valence-corrected chi connectivity index (χ3v) is 6.66. The molecule has 1 amide bonds. The van der Waals surface area contributed by atoms with E-state index in [0.29, 0.717) is 29.0 Å². The molecule has 0 saturated heterocycles. The highest BCUT2D eigenvalue weighted by Crippen LogP contribution is 2.63. The summed E-state index contributed by atoms with van der Waals surface area (Å²) in [5.41, 5.74) is 0.629. The highest BCUT2D eigenvalue weighted by Gasteiger charge is 2.62. The lowest BCUT2D eigenvalue weighted by Crippen LogP contribution is -2.48. The van der Waals surface area contributed by atoms with Gasteiger partial charge in [0.05, 0.1) is 18.9 Å². The van der Waals surface area contributed by atoms with Crippen LogP contribution in [0.3, 0.4) is 0 Å². The Hall–Kier alpha value is -3.28. The molecule has 154 valence electrons. The number of benzene rings is 2. The molecule has 6 nitrogen and oxygen atoms in total. The predicted octanol–water partition coefficient (Wildman–Crippen LogP) is 4.19. The predicted molar refractivity (Wildman–Crippen MR) is 110 cm³/mol. The second-order valence-electron chi connectivity index (χ2n) is 8.28. The zero-order valence-electron chi connectivity index (χ0n) is 16.5. The molecule has 4 aliphatic rings. The molecule has 2 fully saturated rings. The fraction of sp³-hybridized carbons (Fsp3) is 0.333. The molecule has 0 radical (unpaired) electrons. The summed E-state index contributed by atoms with van der Waals surface area (Å²) in [7, 11) is 1.61. The van der Waals surface area contributed by atoms with Crippen LogP contribution < -0.4 is 14.8 Å². The minimum absolute atomic E-state index is 0.0199. The number of carboxylic acid groups (broad SMARTS) is 1. The third-order valence-electron chi connectivity index (χ3n) is 6.66. The first-order valence-electron chi connectivity index (χ1n) is 10.2. The molecular formula is C24H23NO5. The number of aliphatic carboxylic acids is 1. The molecule has 6 heteroatoms. The van der Waals surface area contributed by atoms with Gasteiger partial charge in [-0.15, -0.1) is 0 Å². The summed E-state index contributed by atoms with van der Waals surface area (Å²) in [6.45, 7) is 0. The highest BCUT2D eigenvalue weighted by atomic mass is 16.5. The number of rotatable bonds is 6. The van der Waals surface area contributed by atoms with Crippen molar-refractivity contribution in [3.05, 3.63) is 60.7 Å². The van der Waals surface area contributed by atoms with Gasteiger partial charge in [-0.3, -0.25) is 9.59 Å². The Morgan fingerprint density at radius 2 is 1.40 bits per heavy atom. The van der Waals surface area contributed by atoms with E-state index in [1.807, 2.05) is 30.3 Å². The van der Waals surface area contributed by atoms with Gasteiger partial charge in [0, 0.05) is 5.69 Å². The van der Waals surface area contributed by atoms with Gasteiger partial charge in [-0.1, -0.05) is 12.2 Å². The Kier molecular flexibility index (Phi) is 4.50. The number of allylic oxidation sites excluding steroid dienone is 2. The number of carboxylic acids is 1. The molecule has 0 unspecified atom stereocenters. The smallest absolute Gasteiger partial charge is 0.307 e. The molecule has 2 aromatic rings. The van der Waals surface area contributed by atoms with Crippen molar-refractivity contribution in [2.45, 2.75) is 6.42 Å². The topological polar surface area (TPSA) is 84.9 Å². The van der Waals surface area contributed by atoms with Crippen molar-refractivity contribution in [1.29, 1.82) is 0 Å². The summed E-state index contributed by atoms with van der Waals surface area (Å²) in [5, 5.41) is 12.7. The van der Waals surface area contributed by atoms with Crippen molar-refractivity contribution in [2.24, 2.45) is 35.5 Å². The number of methoxy groups -OCH3 is 1. The fourth-order valence-electron chi connectivity index (χ4n) is 5.18. The average molecular weight is 405 g/mol. The molecule has 0 heterocycles. The number of carbonyl (C=O) groups excluding carboxylic acids is 1. The van der Waals surface area contributed by atoms with Crippen molar-refractivity contribution in [3.8, 4) is 17.2 Å². The zero-order valence-corrected chi connectivity index (χ0v) is 16.5. The van der Waals surface area contributed by atoms with Gasteiger partial charge in [-0.2, -0.15) is 0 Å². The molecular weight excluding hydrogens is 382 g/mol. The van der Waals surface area contributed by atoms with E-state index in [9.17, 15) is 14.7 Å². The van der Waals surface area contributed by atoms with Crippen LogP contribution >= 0.6 is 0 Å². The lowest BCUT2D eigenvalue weighted by molar-refractivity contribution is -0.152. The van der Waals surface area contributed by atoms with E-state index < -0.39 is 17.8 Å². The van der Waals surface area contributed by atoms with E-state index in [-0.39, 0.29) is 17.7 Å². The Balaban J connectivity index is 1.27. The van der Waals surface area contributed by atoms with E-state index in [4.69, 9.17) is 9.47 Å². The van der Waals surface area contributed by atoms with Crippen molar-refractivity contribution in [1.82, 2.24) is 0 Å². The number of hydrogen-bond acceptors (Lipinski definition) is 4. The monoisotopic (exact) mass is 405 g/mol. The number of fused-ring (bicyclic) bond motifs is 1. The summed E-state index contributed by atoms with van der Waals surface area (Å²) in [6, 6.07) is 14.4. The highest BCUT2D eigenvalue weighted by molar-refractivity contribution is 5.96. The van der Waals surface area contributed by atoms with E-state index in [2.05, 4.69) is 11.4 Å². The molecule has 2 bridgehead atoms. The molecule has 6 atom stereocenters. The molecule has 4 aliphatic carbocycles. The van der Waals surface area contributed by atoms with Gasteiger partial charge in [-0.05, 0) is 78.6 Å². The summed E-state index contributed by atoms with van der Waals surface area (Å²) in [5.74, 6) is 0.752. The van der Waals surface area contributed by atoms with Crippen molar-refractivity contribution < 1.29 is 24.2 Å². The van der Waals surface area contributed by atoms with Crippen LogP contribution in [0.1, 0.15) is 6.42 Å². The van der Waals surface area contributed by atoms with Crippen LogP contribution in [0.5, 0.6) is 17.2 Å². The summed E-state index contributed by atoms with van der Waals surface area (Å²) in [4.78, 5) is 24.9. The van der Waals surface area contributed by atoms with E-state index in [1.54, 1.807) is 31.4 Å². The molecule has 0 aliphatic heterocycles. The fourth-order valence-corrected chi connectivity index (χ4v) is 5.18. The SMILES string of the molecule is COc1ccc(Oc2ccc(NC(=O)[C@@H]3[C@H]4C=C[C@H]([C@H]5C[C@H]45)[C@@H]3C(=O)O)cc2)cc1. The van der Waals surface area contributed by atoms with Crippen LogP contribution in [0.25, 0.3) is 0 Å². The zero-order chi connectivity index (χ0) is 20.8. The van der Waals surface area contributed by atoms with Gasteiger partial charge in [0.15, 0.2) is 0 Å². The average Bonchev–Trinajstić information content (AvgIpc) is 3.58. The number of amides is 1. The first-order chi connectivity index (χ1) is 14.5. The van der Waals surface area contributed by atoms with Crippen LogP contribution in [0.4, 0.5) is 5.69 Å². The van der Waals surface area contributed by atoms with E-state index in [1.165, 1.54) is 0 Å². The Morgan fingerprint density at radius 1 is 0.867 bits per heavy atom. The summed E-state index contributed by atoms with van der Waals surface area (Å²) < 4.78 is 10.9. The van der Waals surface area contributed by atoms with Gasteiger partial charge in [0.1, 0.15) is 17.2 Å². The lowest BCUT2D eigenvalue weighted by Gasteiger charge is -2.41. The second kappa shape index (κ2) is 7.20. The summed E-state index contributed by atoms with van der Waals surface area (Å²) in [6.07, 6.45) is 5.12. The first kappa shape index (κ1) is 18.7. The Morgan fingerprint density at radius 3 is 1.97 bits per heavy atom. The van der Waals surface area contributed by atoms with E-state index in [0.717, 1.165) is 12.2 Å².